The maximum Gasteiger partial charge on any atom is 0.0783 e. The molecule has 0 heterocycles. The Morgan fingerprint density at radius 2 is 1.06 bits per heavy atom. The molecule has 0 radical (unpaired) electrons. The van der Waals surface area contributed by atoms with Crippen LogP contribution in [0.25, 0.3) is 0 Å². The van der Waals surface area contributed by atoms with E-state index in [1.807, 2.05) is 55.4 Å². The van der Waals surface area contributed by atoms with E-state index in [-0.39, 0.29) is 30.5 Å². The van der Waals surface area contributed by atoms with Crippen LogP contribution in [0.3, 0.4) is 0 Å². The van der Waals surface area contributed by atoms with Gasteiger partial charge >= 0.3 is 0 Å². The van der Waals surface area contributed by atoms with Gasteiger partial charge in [-0.1, -0.05) is 0 Å². The first-order chi connectivity index (χ1) is 14.6. The molecule has 0 aromatic carbocycles. The molecular weight excluding hydrogens is 400 g/mol. The van der Waals surface area contributed by atoms with Gasteiger partial charge in [-0.05, 0) is 61.8 Å². The molecule has 0 rings (SSSR count). The summed E-state index contributed by atoms with van der Waals surface area (Å²) in [5, 5.41) is 0. The van der Waals surface area contributed by atoms with Crippen LogP contribution in [0.1, 0.15) is 61.8 Å². The van der Waals surface area contributed by atoms with Crippen molar-refractivity contribution in [2.24, 2.45) is 5.41 Å². The highest BCUT2D eigenvalue weighted by Gasteiger charge is 2.32. The summed E-state index contributed by atoms with van der Waals surface area (Å²) in [6.07, 6.45) is 1.47. The van der Waals surface area contributed by atoms with E-state index in [1.165, 1.54) is 0 Å². The highest BCUT2D eigenvalue weighted by Crippen LogP contribution is 2.21. The summed E-state index contributed by atoms with van der Waals surface area (Å²) in [6.45, 7) is 20.4. The lowest BCUT2D eigenvalue weighted by Crippen LogP contribution is -2.43. The Balaban J connectivity index is 4.76. The molecule has 7 nitrogen and oxygen atoms in total. The van der Waals surface area contributed by atoms with Crippen LogP contribution in [0.4, 0.5) is 0 Å². The van der Waals surface area contributed by atoms with Crippen molar-refractivity contribution in [1.29, 1.82) is 0 Å². The van der Waals surface area contributed by atoms with Crippen molar-refractivity contribution in [3.05, 3.63) is 0 Å². The van der Waals surface area contributed by atoms with Crippen molar-refractivity contribution in [3.8, 4) is 0 Å². The Labute approximate surface area is 191 Å². The molecule has 7 heteroatoms. The molecule has 2 unspecified atom stereocenters. The predicted molar refractivity (Wildman–Crippen MR) is 124 cm³/mol. The zero-order chi connectivity index (χ0) is 23.7. The average molecular weight is 451 g/mol. The Morgan fingerprint density at radius 1 is 0.581 bits per heavy atom. The summed E-state index contributed by atoms with van der Waals surface area (Å²) in [4.78, 5) is 0. The van der Waals surface area contributed by atoms with Gasteiger partial charge in [0.25, 0.3) is 0 Å². The summed E-state index contributed by atoms with van der Waals surface area (Å²) in [5.74, 6) is 0. The highest BCUT2D eigenvalue weighted by atomic mass is 16.6. The number of ether oxygens (including phenoxy) is 7. The minimum Gasteiger partial charge on any atom is -0.384 e. The molecule has 0 fully saturated rings. The lowest BCUT2D eigenvalue weighted by atomic mass is 9.92. The smallest absolute Gasteiger partial charge is 0.0783 e. The molecule has 0 saturated carbocycles. The topological polar surface area (TPSA) is 64.6 Å². The molecule has 0 aliphatic rings. The van der Waals surface area contributed by atoms with Crippen LogP contribution < -0.4 is 0 Å². The van der Waals surface area contributed by atoms with E-state index in [0.29, 0.717) is 52.9 Å². The van der Waals surface area contributed by atoms with E-state index in [9.17, 15) is 0 Å². The van der Waals surface area contributed by atoms with Gasteiger partial charge in [0.2, 0.25) is 0 Å². The third kappa shape index (κ3) is 17.9. The molecule has 0 aliphatic carbocycles. The fraction of sp³-hybridized carbons (Fsp3) is 1.00. The minimum atomic E-state index is -0.400. The van der Waals surface area contributed by atoms with Crippen LogP contribution in [-0.2, 0) is 33.2 Å². The minimum absolute atomic E-state index is 0.0229. The van der Waals surface area contributed by atoms with Gasteiger partial charge in [-0.15, -0.1) is 0 Å². The lowest BCUT2D eigenvalue weighted by Gasteiger charge is -2.33. The summed E-state index contributed by atoms with van der Waals surface area (Å²) < 4.78 is 40.7. The second kappa shape index (κ2) is 18.2. The van der Waals surface area contributed by atoms with Crippen LogP contribution in [0.2, 0.25) is 0 Å². The first kappa shape index (κ1) is 30.7. The van der Waals surface area contributed by atoms with E-state index >= 15 is 0 Å². The quantitative estimate of drug-likeness (QED) is 0.244. The molecule has 2 atom stereocenters. The second-order valence-corrected chi connectivity index (χ2v) is 9.28. The molecule has 0 N–H and O–H groups in total. The zero-order valence-electron chi connectivity index (χ0n) is 21.6. The maximum absolute atomic E-state index is 6.03. The Bertz CT molecular complexity index is 379. The maximum atomic E-state index is 6.03. The van der Waals surface area contributed by atoms with E-state index in [1.54, 1.807) is 7.11 Å². The van der Waals surface area contributed by atoms with Gasteiger partial charge < -0.3 is 33.2 Å². The van der Waals surface area contributed by atoms with E-state index in [0.717, 1.165) is 6.42 Å². The molecular formula is C24H50O7. The van der Waals surface area contributed by atoms with Crippen LogP contribution in [0.5, 0.6) is 0 Å². The van der Waals surface area contributed by atoms with Crippen molar-refractivity contribution in [3.63, 3.8) is 0 Å². The SMILES string of the molecule is COCC(COCCCOC(C)C)(COCC(C)OC(C)C)COCC(C)OC(C)C. The van der Waals surface area contributed by atoms with Gasteiger partial charge in [0.15, 0.2) is 0 Å². The molecule has 0 spiro atoms. The number of hydrogen-bond donors (Lipinski definition) is 0. The molecule has 31 heavy (non-hydrogen) atoms. The second-order valence-electron chi connectivity index (χ2n) is 9.28. The van der Waals surface area contributed by atoms with Gasteiger partial charge in [0.1, 0.15) is 0 Å². The number of rotatable bonds is 21. The predicted octanol–water partition coefficient (Wildman–Crippen LogP) is 4.11. The van der Waals surface area contributed by atoms with Crippen molar-refractivity contribution in [1.82, 2.24) is 0 Å². The molecule has 0 amide bonds. The lowest BCUT2D eigenvalue weighted by molar-refractivity contribution is -0.126. The van der Waals surface area contributed by atoms with Gasteiger partial charge in [-0.2, -0.15) is 0 Å². The first-order valence-electron chi connectivity index (χ1n) is 11.7. The van der Waals surface area contributed by atoms with Crippen molar-refractivity contribution < 1.29 is 33.2 Å². The van der Waals surface area contributed by atoms with Gasteiger partial charge in [-0.3, -0.25) is 0 Å². The Hall–Kier alpha value is -0.280. The molecule has 0 aromatic rings. The number of methoxy groups -OCH3 is 1. The van der Waals surface area contributed by atoms with E-state index in [2.05, 4.69) is 0 Å². The summed E-state index contributed by atoms with van der Waals surface area (Å²) in [7, 11) is 1.69. The largest absolute Gasteiger partial charge is 0.384 e. The fourth-order valence-corrected chi connectivity index (χ4v) is 3.22. The Kier molecular flexibility index (Phi) is 18.0. The fourth-order valence-electron chi connectivity index (χ4n) is 3.22. The monoisotopic (exact) mass is 450 g/mol. The van der Waals surface area contributed by atoms with Crippen LogP contribution in [0.15, 0.2) is 0 Å². The summed E-state index contributed by atoms with van der Waals surface area (Å²) in [6, 6.07) is 0. The molecule has 0 bridgehead atoms. The van der Waals surface area contributed by atoms with Crippen molar-refractivity contribution >= 4 is 0 Å². The summed E-state index contributed by atoms with van der Waals surface area (Å²) >= 11 is 0. The van der Waals surface area contributed by atoms with E-state index < -0.39 is 5.41 Å². The molecule has 0 aromatic heterocycles. The van der Waals surface area contributed by atoms with Crippen molar-refractivity contribution in [2.75, 3.05) is 60.0 Å². The summed E-state index contributed by atoms with van der Waals surface area (Å²) in [5.41, 5.74) is -0.400. The zero-order valence-corrected chi connectivity index (χ0v) is 21.6. The van der Waals surface area contributed by atoms with Crippen LogP contribution in [-0.4, -0.2) is 90.5 Å². The van der Waals surface area contributed by atoms with Crippen LogP contribution in [0, 0.1) is 5.41 Å². The van der Waals surface area contributed by atoms with E-state index in [4.69, 9.17) is 33.2 Å². The number of hydrogen-bond acceptors (Lipinski definition) is 7. The standard InChI is InChI=1S/C24H50O7/c1-19(2)29-12-10-11-26-16-24(15-25-9,17-27-13-22(7)30-20(3)4)18-28-14-23(8)31-21(5)6/h19-23H,10-18H2,1-9H3. The first-order valence-corrected chi connectivity index (χ1v) is 11.7. The van der Waals surface area contributed by atoms with Gasteiger partial charge in [-0.25, -0.2) is 0 Å². The molecule has 0 aliphatic heterocycles. The van der Waals surface area contributed by atoms with Crippen molar-refractivity contribution in [2.45, 2.75) is 92.3 Å². The third-order valence-corrected chi connectivity index (χ3v) is 4.27. The van der Waals surface area contributed by atoms with Gasteiger partial charge in [0, 0.05) is 20.3 Å². The Morgan fingerprint density at radius 3 is 1.48 bits per heavy atom. The third-order valence-electron chi connectivity index (χ3n) is 4.27. The highest BCUT2D eigenvalue weighted by molar-refractivity contribution is 4.79. The molecule has 0 saturated heterocycles. The average Bonchev–Trinajstić information content (AvgIpc) is 2.63. The normalized spacial score (nSPS) is 16.3. The molecule has 188 valence electrons. The van der Waals surface area contributed by atoms with Crippen LogP contribution >= 0.6 is 0 Å². The van der Waals surface area contributed by atoms with Gasteiger partial charge in [0.05, 0.1) is 75.6 Å².